The van der Waals surface area contributed by atoms with Crippen molar-refractivity contribution in [3.05, 3.63) is 42.5 Å². The minimum atomic E-state index is -0.818. The maximum atomic E-state index is 12.6. The molecule has 0 spiro atoms. The lowest BCUT2D eigenvalue weighted by Crippen LogP contribution is -2.30. The van der Waals surface area contributed by atoms with Crippen LogP contribution in [-0.4, -0.2) is 43.7 Å². The molecule has 0 aliphatic rings. The van der Waals surface area contributed by atoms with Crippen LogP contribution >= 0.6 is 0 Å². The van der Waals surface area contributed by atoms with Crippen LogP contribution in [0.1, 0.15) is 6.92 Å². The van der Waals surface area contributed by atoms with Gasteiger partial charge in [-0.1, -0.05) is 12.1 Å². The fourth-order valence-corrected chi connectivity index (χ4v) is 2.62. The fourth-order valence-electron chi connectivity index (χ4n) is 2.62. The maximum absolute atomic E-state index is 12.6. The SMILES string of the molecule is COc1ccc(-c2nonc2NC(=O)[C@@H](C)Oc2ccccc2OC)cc1OC. The largest absolute Gasteiger partial charge is 0.493 e. The normalized spacial score (nSPS) is 11.4. The summed E-state index contributed by atoms with van der Waals surface area (Å²) in [6, 6.07) is 12.3. The van der Waals surface area contributed by atoms with Gasteiger partial charge in [-0.25, -0.2) is 4.63 Å². The van der Waals surface area contributed by atoms with Crippen molar-refractivity contribution in [1.29, 1.82) is 0 Å². The molecule has 2 aromatic carbocycles. The van der Waals surface area contributed by atoms with Crippen molar-refractivity contribution in [2.75, 3.05) is 26.6 Å². The van der Waals surface area contributed by atoms with E-state index in [0.717, 1.165) is 0 Å². The number of ether oxygens (including phenoxy) is 4. The van der Waals surface area contributed by atoms with Crippen molar-refractivity contribution in [3.63, 3.8) is 0 Å². The Morgan fingerprint density at radius 1 is 0.931 bits per heavy atom. The number of carbonyl (C=O) groups is 1. The van der Waals surface area contributed by atoms with Crippen molar-refractivity contribution in [3.8, 4) is 34.3 Å². The Kier molecular flexibility index (Phi) is 6.18. The van der Waals surface area contributed by atoms with E-state index < -0.39 is 12.0 Å². The molecule has 3 rings (SSSR count). The molecule has 0 radical (unpaired) electrons. The minimum Gasteiger partial charge on any atom is -0.493 e. The van der Waals surface area contributed by atoms with Crippen LogP contribution in [0.15, 0.2) is 47.1 Å². The highest BCUT2D eigenvalue weighted by Crippen LogP contribution is 2.34. The van der Waals surface area contributed by atoms with Gasteiger partial charge in [-0.05, 0) is 47.6 Å². The first-order chi connectivity index (χ1) is 14.1. The zero-order valence-corrected chi connectivity index (χ0v) is 16.5. The van der Waals surface area contributed by atoms with Gasteiger partial charge in [0.15, 0.2) is 34.8 Å². The van der Waals surface area contributed by atoms with Crippen LogP contribution in [0.4, 0.5) is 5.82 Å². The number of hydrogen-bond acceptors (Lipinski definition) is 8. The number of nitrogens with one attached hydrogen (secondary N) is 1. The van der Waals surface area contributed by atoms with Gasteiger partial charge in [0.1, 0.15) is 0 Å². The van der Waals surface area contributed by atoms with Crippen LogP contribution in [-0.2, 0) is 4.79 Å². The number of amides is 1. The van der Waals surface area contributed by atoms with Gasteiger partial charge in [-0.2, -0.15) is 0 Å². The molecule has 0 aliphatic heterocycles. The van der Waals surface area contributed by atoms with E-state index in [2.05, 4.69) is 15.6 Å². The molecule has 1 amide bonds. The van der Waals surface area contributed by atoms with Crippen LogP contribution in [0.3, 0.4) is 0 Å². The Morgan fingerprint density at radius 3 is 2.28 bits per heavy atom. The van der Waals surface area contributed by atoms with E-state index in [1.165, 1.54) is 14.2 Å². The van der Waals surface area contributed by atoms with Crippen LogP contribution < -0.4 is 24.3 Å². The number of nitrogens with zero attached hydrogens (tertiary/aromatic N) is 2. The number of aromatic nitrogens is 2. The molecule has 3 aromatic rings. The van der Waals surface area contributed by atoms with Crippen LogP contribution in [0.2, 0.25) is 0 Å². The molecule has 1 heterocycles. The number of methoxy groups -OCH3 is 3. The van der Waals surface area contributed by atoms with E-state index in [4.69, 9.17) is 23.6 Å². The van der Waals surface area contributed by atoms with Gasteiger partial charge in [0, 0.05) is 5.56 Å². The van der Waals surface area contributed by atoms with Crippen LogP contribution in [0, 0.1) is 0 Å². The van der Waals surface area contributed by atoms with E-state index in [1.807, 2.05) is 6.07 Å². The standard InChI is InChI=1S/C20H21N3O6/c1-12(28-16-8-6-5-7-14(16)25-2)20(24)21-19-18(22-29-23-19)13-9-10-15(26-3)17(11-13)27-4/h5-12H,1-4H3,(H,21,23,24)/t12-/m1/s1. The van der Waals surface area contributed by atoms with Crippen molar-refractivity contribution >= 4 is 11.7 Å². The summed E-state index contributed by atoms with van der Waals surface area (Å²) in [6.07, 6.45) is -0.818. The fraction of sp³-hybridized carbons (Fsp3) is 0.250. The molecule has 1 N–H and O–H groups in total. The second-order valence-corrected chi connectivity index (χ2v) is 5.93. The van der Waals surface area contributed by atoms with E-state index in [-0.39, 0.29) is 5.82 Å². The number of anilines is 1. The number of hydrogen-bond donors (Lipinski definition) is 1. The molecule has 1 atom stereocenters. The summed E-state index contributed by atoms with van der Waals surface area (Å²) in [4.78, 5) is 12.6. The Morgan fingerprint density at radius 2 is 1.59 bits per heavy atom. The van der Waals surface area contributed by atoms with Crippen molar-refractivity contribution < 1.29 is 28.4 Å². The lowest BCUT2D eigenvalue weighted by molar-refractivity contribution is -0.122. The summed E-state index contributed by atoms with van der Waals surface area (Å²) in [6.45, 7) is 1.62. The minimum absolute atomic E-state index is 0.165. The third kappa shape index (κ3) is 4.40. The van der Waals surface area contributed by atoms with Crippen LogP contribution in [0.25, 0.3) is 11.3 Å². The monoisotopic (exact) mass is 399 g/mol. The highest BCUT2D eigenvalue weighted by atomic mass is 16.6. The van der Waals surface area contributed by atoms with E-state index in [0.29, 0.717) is 34.3 Å². The zero-order valence-electron chi connectivity index (χ0n) is 16.5. The first kappa shape index (κ1) is 20.0. The van der Waals surface area contributed by atoms with Crippen molar-refractivity contribution in [1.82, 2.24) is 10.3 Å². The highest BCUT2D eigenvalue weighted by molar-refractivity contribution is 5.96. The summed E-state index contributed by atoms with van der Waals surface area (Å²) in [5, 5.41) is 10.3. The predicted octanol–water partition coefficient (Wildman–Crippen LogP) is 3.17. The molecule has 9 heteroatoms. The number of para-hydroxylation sites is 2. The van der Waals surface area contributed by atoms with Gasteiger partial charge in [-0.3, -0.25) is 4.79 Å². The Bertz CT molecular complexity index is 988. The number of rotatable bonds is 8. The number of benzene rings is 2. The molecule has 0 unspecified atom stereocenters. The second kappa shape index (κ2) is 8.96. The summed E-state index contributed by atoms with van der Waals surface area (Å²) in [5.41, 5.74) is 0.987. The number of carbonyl (C=O) groups excluding carboxylic acids is 1. The Labute approximate surface area is 167 Å². The molecular weight excluding hydrogens is 378 g/mol. The molecule has 0 fully saturated rings. The molecule has 29 heavy (non-hydrogen) atoms. The Hall–Kier alpha value is -3.75. The van der Waals surface area contributed by atoms with E-state index >= 15 is 0 Å². The third-order valence-corrected chi connectivity index (χ3v) is 4.13. The van der Waals surface area contributed by atoms with Gasteiger partial charge in [-0.15, -0.1) is 0 Å². The summed E-state index contributed by atoms with van der Waals surface area (Å²) in [5.74, 6) is 1.80. The maximum Gasteiger partial charge on any atom is 0.266 e. The van der Waals surface area contributed by atoms with Gasteiger partial charge >= 0.3 is 0 Å². The predicted molar refractivity (Wildman–Crippen MR) is 105 cm³/mol. The van der Waals surface area contributed by atoms with Gasteiger partial charge in [0.2, 0.25) is 5.82 Å². The molecule has 0 saturated heterocycles. The molecule has 9 nitrogen and oxygen atoms in total. The quantitative estimate of drug-likeness (QED) is 0.616. The Balaban J connectivity index is 1.76. The zero-order chi connectivity index (χ0) is 20.8. The first-order valence-corrected chi connectivity index (χ1v) is 8.72. The van der Waals surface area contributed by atoms with E-state index in [1.54, 1.807) is 50.4 Å². The average Bonchev–Trinajstić information content (AvgIpc) is 3.21. The molecule has 0 bridgehead atoms. The molecular formula is C20H21N3O6. The summed E-state index contributed by atoms with van der Waals surface area (Å²) in [7, 11) is 4.61. The lowest BCUT2D eigenvalue weighted by Gasteiger charge is -2.16. The van der Waals surface area contributed by atoms with Gasteiger partial charge in [0.25, 0.3) is 5.91 Å². The topological polar surface area (TPSA) is 105 Å². The third-order valence-electron chi connectivity index (χ3n) is 4.13. The smallest absolute Gasteiger partial charge is 0.266 e. The average molecular weight is 399 g/mol. The van der Waals surface area contributed by atoms with Gasteiger partial charge in [0.05, 0.1) is 21.3 Å². The second-order valence-electron chi connectivity index (χ2n) is 5.93. The first-order valence-electron chi connectivity index (χ1n) is 8.72. The van der Waals surface area contributed by atoms with Crippen molar-refractivity contribution in [2.45, 2.75) is 13.0 Å². The van der Waals surface area contributed by atoms with E-state index in [9.17, 15) is 4.79 Å². The van der Waals surface area contributed by atoms with Crippen molar-refractivity contribution in [2.24, 2.45) is 0 Å². The highest BCUT2D eigenvalue weighted by Gasteiger charge is 2.22. The lowest BCUT2D eigenvalue weighted by atomic mass is 10.1. The summed E-state index contributed by atoms with van der Waals surface area (Å²) >= 11 is 0. The summed E-state index contributed by atoms with van der Waals surface area (Å²) < 4.78 is 26.3. The molecule has 152 valence electrons. The van der Waals surface area contributed by atoms with Crippen LogP contribution in [0.5, 0.6) is 23.0 Å². The molecule has 1 aromatic heterocycles. The van der Waals surface area contributed by atoms with Gasteiger partial charge < -0.3 is 24.3 Å². The molecule has 0 saturated carbocycles. The molecule has 0 aliphatic carbocycles.